The predicted octanol–water partition coefficient (Wildman–Crippen LogP) is 0.950. The fraction of sp³-hybridized carbons (Fsp3) is 0.889. The van der Waals surface area contributed by atoms with Crippen LogP contribution in [-0.2, 0) is 14.3 Å². The maximum Gasteiger partial charge on any atom is 0.239 e. The van der Waals surface area contributed by atoms with Crippen molar-refractivity contribution >= 4 is 36.6 Å². The molecule has 0 bridgehead atoms. The van der Waals surface area contributed by atoms with Crippen molar-refractivity contribution in [2.45, 2.75) is 58.2 Å². The van der Waals surface area contributed by atoms with E-state index in [0.29, 0.717) is 25.6 Å². The topological polar surface area (TPSA) is 82.7 Å². The lowest BCUT2D eigenvalue weighted by atomic mass is 9.96. The summed E-state index contributed by atoms with van der Waals surface area (Å²) in [6, 6.07) is -0.255. The fourth-order valence-electron chi connectivity index (χ4n) is 3.39. The van der Waals surface area contributed by atoms with Crippen molar-refractivity contribution in [2.24, 2.45) is 5.92 Å². The summed E-state index contributed by atoms with van der Waals surface area (Å²) >= 11 is 0. The van der Waals surface area contributed by atoms with Gasteiger partial charge in [0.25, 0.3) is 0 Å². The van der Waals surface area contributed by atoms with Gasteiger partial charge >= 0.3 is 0 Å². The minimum absolute atomic E-state index is 0. The molecule has 160 valence electrons. The predicted molar refractivity (Wildman–Crippen MR) is 112 cm³/mol. The first-order valence-electron chi connectivity index (χ1n) is 9.40. The molecule has 0 aromatic carbocycles. The highest BCUT2D eigenvalue weighted by Crippen LogP contribution is 2.16. The van der Waals surface area contributed by atoms with Gasteiger partial charge in [0.1, 0.15) is 6.04 Å². The van der Waals surface area contributed by atoms with Crippen LogP contribution in [0.2, 0.25) is 0 Å². The van der Waals surface area contributed by atoms with E-state index in [1.807, 2.05) is 27.7 Å². The van der Waals surface area contributed by atoms with Gasteiger partial charge in [-0.3, -0.25) is 14.5 Å². The second-order valence-corrected chi connectivity index (χ2v) is 8.27. The molecule has 0 radical (unpaired) electrons. The van der Waals surface area contributed by atoms with Crippen LogP contribution in [0.25, 0.3) is 0 Å². The molecule has 7 nitrogen and oxygen atoms in total. The summed E-state index contributed by atoms with van der Waals surface area (Å²) in [5, 5.41) is 9.28. The van der Waals surface area contributed by atoms with Gasteiger partial charge in [-0.1, -0.05) is 0 Å². The van der Waals surface area contributed by atoms with Gasteiger partial charge in [0.05, 0.1) is 19.3 Å². The molecule has 0 saturated carbocycles. The van der Waals surface area contributed by atoms with Gasteiger partial charge in [-0.15, -0.1) is 24.8 Å². The van der Waals surface area contributed by atoms with Crippen LogP contribution in [0, 0.1) is 5.92 Å². The molecule has 0 spiro atoms. The molecule has 2 aliphatic rings. The van der Waals surface area contributed by atoms with Crippen LogP contribution < -0.4 is 16.0 Å². The first-order chi connectivity index (χ1) is 11.7. The van der Waals surface area contributed by atoms with Gasteiger partial charge in [-0.2, -0.15) is 0 Å². The molecule has 3 N–H and O–H groups in total. The van der Waals surface area contributed by atoms with E-state index in [-0.39, 0.29) is 54.3 Å². The molecule has 27 heavy (non-hydrogen) atoms. The van der Waals surface area contributed by atoms with Crippen molar-refractivity contribution in [3.63, 3.8) is 0 Å². The van der Waals surface area contributed by atoms with Crippen LogP contribution in [-0.4, -0.2) is 73.7 Å². The summed E-state index contributed by atoms with van der Waals surface area (Å²) < 4.78 is 5.52. The number of hydrogen-bond donors (Lipinski definition) is 3. The number of carbonyl (C=O) groups is 2. The fourth-order valence-corrected chi connectivity index (χ4v) is 3.39. The second-order valence-electron chi connectivity index (χ2n) is 8.27. The lowest BCUT2D eigenvalue weighted by Crippen LogP contribution is -2.56. The first kappa shape index (κ1) is 26.4. The average molecular weight is 427 g/mol. The molecule has 9 heteroatoms. The molecule has 0 unspecified atom stereocenters. The van der Waals surface area contributed by atoms with Crippen LogP contribution in [0.1, 0.15) is 40.5 Å². The van der Waals surface area contributed by atoms with Gasteiger partial charge < -0.3 is 20.7 Å². The number of nitrogens with one attached hydrogen (secondary N) is 3. The summed E-state index contributed by atoms with van der Waals surface area (Å²) in [6.45, 7) is 12.2. The van der Waals surface area contributed by atoms with Crippen LogP contribution >= 0.6 is 24.8 Å². The Hall–Kier alpha value is -0.600. The lowest BCUT2D eigenvalue weighted by Gasteiger charge is -2.33. The van der Waals surface area contributed by atoms with E-state index in [1.54, 1.807) is 0 Å². The zero-order valence-electron chi connectivity index (χ0n) is 16.9. The Morgan fingerprint density at radius 1 is 1.19 bits per heavy atom. The molecule has 2 atom stereocenters. The van der Waals surface area contributed by atoms with Crippen LogP contribution in [0.3, 0.4) is 0 Å². The Bertz CT molecular complexity index is 466. The third-order valence-electron chi connectivity index (χ3n) is 4.75. The number of ether oxygens (including phenoxy) is 1. The SMILES string of the molecule is C[C@H]1OCCN[C@@H]1C(=O)NCC1CCN(CC(=O)NC(C)(C)C)CC1.Cl.Cl. The van der Waals surface area contributed by atoms with Crippen LogP contribution in [0.5, 0.6) is 0 Å². The highest BCUT2D eigenvalue weighted by atomic mass is 35.5. The van der Waals surface area contributed by atoms with Crippen molar-refractivity contribution in [1.29, 1.82) is 0 Å². The maximum atomic E-state index is 12.3. The largest absolute Gasteiger partial charge is 0.375 e. The van der Waals surface area contributed by atoms with Gasteiger partial charge in [0.15, 0.2) is 0 Å². The molecule has 2 fully saturated rings. The van der Waals surface area contributed by atoms with Crippen molar-refractivity contribution in [1.82, 2.24) is 20.9 Å². The van der Waals surface area contributed by atoms with Gasteiger partial charge in [0.2, 0.25) is 11.8 Å². The van der Waals surface area contributed by atoms with Crippen LogP contribution in [0.4, 0.5) is 0 Å². The quantitative estimate of drug-likeness (QED) is 0.609. The monoisotopic (exact) mass is 426 g/mol. The summed E-state index contributed by atoms with van der Waals surface area (Å²) in [5.74, 6) is 0.585. The summed E-state index contributed by atoms with van der Waals surface area (Å²) in [6.07, 6.45) is 1.93. The van der Waals surface area contributed by atoms with Crippen molar-refractivity contribution < 1.29 is 14.3 Å². The average Bonchev–Trinajstić information content (AvgIpc) is 2.52. The molecule has 2 amide bonds. The molecule has 0 aliphatic carbocycles. The van der Waals surface area contributed by atoms with Gasteiger partial charge in [-0.25, -0.2) is 0 Å². The summed E-state index contributed by atoms with van der Waals surface area (Å²) in [4.78, 5) is 26.5. The van der Waals surface area contributed by atoms with Gasteiger partial charge in [0, 0.05) is 18.6 Å². The number of likely N-dealkylation sites (tertiary alicyclic amines) is 1. The normalized spacial score (nSPS) is 24.3. The number of morpholine rings is 1. The molecule has 2 aliphatic heterocycles. The number of halogens is 2. The van der Waals surface area contributed by atoms with Crippen molar-refractivity contribution in [2.75, 3.05) is 39.3 Å². The Labute approximate surface area is 175 Å². The zero-order chi connectivity index (χ0) is 18.4. The number of amides is 2. The van der Waals surface area contributed by atoms with E-state index in [0.717, 1.165) is 32.5 Å². The van der Waals surface area contributed by atoms with Crippen molar-refractivity contribution in [3.8, 4) is 0 Å². The van der Waals surface area contributed by atoms with E-state index in [2.05, 4.69) is 20.9 Å². The molecular weight excluding hydrogens is 391 g/mol. The Balaban J connectivity index is 0.00000338. The highest BCUT2D eigenvalue weighted by Gasteiger charge is 2.29. The third kappa shape index (κ3) is 9.43. The summed E-state index contributed by atoms with van der Waals surface area (Å²) in [5.41, 5.74) is -0.187. The Kier molecular flexibility index (Phi) is 11.8. The van der Waals surface area contributed by atoms with Crippen LogP contribution in [0.15, 0.2) is 0 Å². The summed E-state index contributed by atoms with van der Waals surface area (Å²) in [7, 11) is 0. The van der Waals surface area contributed by atoms with E-state index < -0.39 is 0 Å². The minimum Gasteiger partial charge on any atom is -0.375 e. The maximum absolute atomic E-state index is 12.3. The minimum atomic E-state index is -0.255. The lowest BCUT2D eigenvalue weighted by molar-refractivity contribution is -0.129. The van der Waals surface area contributed by atoms with E-state index in [9.17, 15) is 9.59 Å². The number of carbonyl (C=O) groups excluding carboxylic acids is 2. The molecule has 0 aromatic rings. The second kappa shape index (κ2) is 12.1. The molecule has 0 aromatic heterocycles. The Morgan fingerprint density at radius 2 is 1.81 bits per heavy atom. The van der Waals surface area contributed by atoms with Gasteiger partial charge in [-0.05, 0) is 59.5 Å². The highest BCUT2D eigenvalue weighted by molar-refractivity contribution is 5.85. The third-order valence-corrected chi connectivity index (χ3v) is 4.75. The molecule has 2 saturated heterocycles. The van der Waals surface area contributed by atoms with E-state index >= 15 is 0 Å². The number of hydrogen-bond acceptors (Lipinski definition) is 5. The molecular formula is C18H36Cl2N4O3. The molecule has 2 rings (SSSR count). The van der Waals surface area contributed by atoms with E-state index in [1.165, 1.54) is 0 Å². The Morgan fingerprint density at radius 3 is 2.37 bits per heavy atom. The zero-order valence-corrected chi connectivity index (χ0v) is 18.5. The van der Waals surface area contributed by atoms with E-state index in [4.69, 9.17) is 4.74 Å². The van der Waals surface area contributed by atoms with Crippen molar-refractivity contribution in [3.05, 3.63) is 0 Å². The molecule has 2 heterocycles. The number of piperidine rings is 1. The number of rotatable bonds is 5. The standard InChI is InChI=1S/C18H34N4O3.2ClH/c1-13-16(19-7-10-25-13)17(24)20-11-14-5-8-22(9-6-14)12-15(23)21-18(2,3)4;;/h13-14,16,19H,5-12H2,1-4H3,(H,20,24)(H,21,23);2*1H/t13-,16+;;/m1../s1. The first-order valence-corrected chi connectivity index (χ1v) is 9.40. The number of nitrogens with zero attached hydrogens (tertiary/aromatic N) is 1. The smallest absolute Gasteiger partial charge is 0.239 e.